The summed E-state index contributed by atoms with van der Waals surface area (Å²) in [6.07, 6.45) is 1.77. The number of benzene rings is 1. The fourth-order valence-electron chi connectivity index (χ4n) is 1.91. The summed E-state index contributed by atoms with van der Waals surface area (Å²) < 4.78 is 10.7. The number of carbonyl (C=O) groups excluding carboxylic acids is 1. The van der Waals surface area contributed by atoms with Crippen LogP contribution >= 0.6 is 11.3 Å². The number of methoxy groups -OCH3 is 1. The lowest BCUT2D eigenvalue weighted by molar-refractivity contribution is -0.120. The summed E-state index contributed by atoms with van der Waals surface area (Å²) in [5, 5.41) is 6.76. The van der Waals surface area contributed by atoms with Crippen LogP contribution in [0.1, 0.15) is 23.2 Å². The van der Waals surface area contributed by atoms with Crippen molar-refractivity contribution < 1.29 is 14.3 Å². The minimum Gasteiger partial charge on any atom is -0.493 e. The molecule has 2 rings (SSSR count). The molecule has 0 bridgehead atoms. The molecule has 1 N–H and O–H groups in total. The van der Waals surface area contributed by atoms with Crippen LogP contribution in [-0.4, -0.2) is 30.8 Å². The van der Waals surface area contributed by atoms with Crippen molar-refractivity contribution in [2.24, 2.45) is 5.10 Å². The van der Waals surface area contributed by atoms with Crippen LogP contribution in [-0.2, 0) is 11.2 Å². The Kier molecular flexibility index (Phi) is 6.10. The van der Waals surface area contributed by atoms with E-state index in [2.05, 4.69) is 15.5 Å². The zero-order valence-corrected chi connectivity index (χ0v) is 14.1. The first-order valence-electron chi connectivity index (χ1n) is 7.16. The van der Waals surface area contributed by atoms with E-state index in [0.717, 1.165) is 16.3 Å². The highest BCUT2D eigenvalue weighted by Gasteiger charge is 2.06. The molecule has 0 saturated heterocycles. The molecule has 6 nitrogen and oxygen atoms in total. The summed E-state index contributed by atoms with van der Waals surface area (Å²) in [5.41, 5.74) is 4.04. The van der Waals surface area contributed by atoms with Crippen molar-refractivity contribution in [2.45, 2.75) is 20.3 Å². The number of hydrogen-bond acceptors (Lipinski definition) is 6. The zero-order valence-electron chi connectivity index (χ0n) is 13.3. The molecule has 2 aromatic rings. The number of hydrazone groups is 1. The first kappa shape index (κ1) is 17.0. The summed E-state index contributed by atoms with van der Waals surface area (Å²) in [5.74, 6) is 1.10. The summed E-state index contributed by atoms with van der Waals surface area (Å²) in [4.78, 5) is 16.0. The molecule has 0 aliphatic rings. The Bertz CT molecular complexity index is 698. The van der Waals surface area contributed by atoms with Crippen molar-refractivity contribution in [2.75, 3.05) is 13.7 Å². The molecule has 0 fully saturated rings. The molecular formula is C16H19N3O3S. The molecule has 1 amide bonds. The van der Waals surface area contributed by atoms with Gasteiger partial charge in [-0.15, -0.1) is 11.3 Å². The quantitative estimate of drug-likeness (QED) is 0.624. The van der Waals surface area contributed by atoms with Gasteiger partial charge in [-0.05, 0) is 37.6 Å². The lowest BCUT2D eigenvalue weighted by Crippen LogP contribution is -2.19. The Morgan fingerprint density at radius 2 is 2.26 bits per heavy atom. The standard InChI is InChI=1S/C16H19N3O3S/c1-4-22-14-6-5-12(7-15(14)21-3)9-17-19-16(20)8-13-10-23-11(2)18-13/h5-7,9-10H,4,8H2,1-3H3,(H,19,20)/b17-9-. The molecule has 0 atom stereocenters. The predicted octanol–water partition coefficient (Wildman–Crippen LogP) is 2.55. The Morgan fingerprint density at radius 1 is 1.43 bits per heavy atom. The maximum absolute atomic E-state index is 11.8. The number of ether oxygens (including phenoxy) is 2. The fraction of sp³-hybridized carbons (Fsp3) is 0.312. The molecule has 1 aromatic carbocycles. The number of amides is 1. The molecule has 0 unspecified atom stereocenters. The van der Waals surface area contributed by atoms with Crippen molar-refractivity contribution in [3.63, 3.8) is 0 Å². The van der Waals surface area contributed by atoms with Crippen molar-refractivity contribution in [3.8, 4) is 11.5 Å². The molecular weight excluding hydrogens is 314 g/mol. The van der Waals surface area contributed by atoms with Crippen molar-refractivity contribution in [1.82, 2.24) is 10.4 Å². The van der Waals surface area contributed by atoms with Gasteiger partial charge >= 0.3 is 0 Å². The number of aromatic nitrogens is 1. The SMILES string of the molecule is CCOc1ccc(/C=N\NC(=O)Cc2csc(C)n2)cc1OC. The minimum atomic E-state index is -0.204. The molecule has 1 heterocycles. The van der Waals surface area contributed by atoms with Gasteiger partial charge in [-0.3, -0.25) is 4.79 Å². The van der Waals surface area contributed by atoms with Gasteiger partial charge in [0.1, 0.15) is 0 Å². The van der Waals surface area contributed by atoms with Crippen LogP contribution in [0.2, 0.25) is 0 Å². The molecule has 23 heavy (non-hydrogen) atoms. The van der Waals surface area contributed by atoms with Crippen LogP contribution < -0.4 is 14.9 Å². The summed E-state index contributed by atoms with van der Waals surface area (Å²) in [7, 11) is 1.58. The number of nitrogens with one attached hydrogen (secondary N) is 1. The lowest BCUT2D eigenvalue weighted by atomic mass is 10.2. The second kappa shape index (κ2) is 8.28. The van der Waals surface area contributed by atoms with Gasteiger partial charge in [0.25, 0.3) is 0 Å². The van der Waals surface area contributed by atoms with Crippen LogP contribution in [0.5, 0.6) is 11.5 Å². The average Bonchev–Trinajstić information content (AvgIpc) is 2.93. The lowest BCUT2D eigenvalue weighted by Gasteiger charge is -2.09. The van der Waals surface area contributed by atoms with Crippen LogP contribution in [0.4, 0.5) is 0 Å². The highest BCUT2D eigenvalue weighted by atomic mass is 32.1. The topological polar surface area (TPSA) is 72.8 Å². The molecule has 0 spiro atoms. The van der Waals surface area contributed by atoms with E-state index in [0.29, 0.717) is 18.1 Å². The van der Waals surface area contributed by atoms with Crippen LogP contribution in [0.25, 0.3) is 0 Å². The Morgan fingerprint density at radius 3 is 2.91 bits per heavy atom. The van der Waals surface area contributed by atoms with Crippen molar-refractivity contribution in [3.05, 3.63) is 39.8 Å². The molecule has 0 aliphatic heterocycles. The normalized spacial score (nSPS) is 10.7. The van der Waals surface area contributed by atoms with Gasteiger partial charge in [-0.25, -0.2) is 10.4 Å². The van der Waals surface area contributed by atoms with E-state index in [1.54, 1.807) is 19.4 Å². The Hall–Kier alpha value is -2.41. The second-order valence-corrected chi connectivity index (χ2v) is 5.73. The van der Waals surface area contributed by atoms with Gasteiger partial charge in [0.2, 0.25) is 5.91 Å². The van der Waals surface area contributed by atoms with Crippen LogP contribution in [0.3, 0.4) is 0 Å². The number of thiazole rings is 1. The van der Waals surface area contributed by atoms with Gasteiger partial charge in [0.15, 0.2) is 11.5 Å². The van der Waals surface area contributed by atoms with E-state index >= 15 is 0 Å². The summed E-state index contributed by atoms with van der Waals surface area (Å²) in [6, 6.07) is 5.45. The van der Waals surface area contributed by atoms with Crippen LogP contribution in [0, 0.1) is 6.92 Å². The average molecular weight is 333 g/mol. The molecule has 0 aliphatic carbocycles. The van der Waals surface area contributed by atoms with Crippen molar-refractivity contribution in [1.29, 1.82) is 0 Å². The highest BCUT2D eigenvalue weighted by Crippen LogP contribution is 2.27. The molecule has 7 heteroatoms. The Labute approximate surface area is 139 Å². The predicted molar refractivity (Wildman–Crippen MR) is 90.5 cm³/mol. The molecule has 1 aromatic heterocycles. The van der Waals surface area contributed by atoms with E-state index in [1.807, 2.05) is 31.4 Å². The summed E-state index contributed by atoms with van der Waals surface area (Å²) >= 11 is 1.52. The first-order chi connectivity index (χ1) is 11.1. The fourth-order valence-corrected chi connectivity index (χ4v) is 2.52. The molecule has 0 saturated carbocycles. The number of nitrogens with zero attached hydrogens (tertiary/aromatic N) is 2. The van der Waals surface area contributed by atoms with Gasteiger partial charge in [-0.1, -0.05) is 0 Å². The number of carbonyl (C=O) groups is 1. The van der Waals surface area contributed by atoms with Crippen molar-refractivity contribution >= 4 is 23.5 Å². The van der Waals surface area contributed by atoms with E-state index < -0.39 is 0 Å². The number of rotatable bonds is 7. The summed E-state index contributed by atoms with van der Waals surface area (Å²) in [6.45, 7) is 4.38. The van der Waals surface area contributed by atoms with E-state index in [1.165, 1.54) is 11.3 Å². The van der Waals surface area contributed by atoms with Gasteiger partial charge in [0.05, 0.1) is 37.1 Å². The largest absolute Gasteiger partial charge is 0.493 e. The third kappa shape index (κ3) is 5.07. The maximum Gasteiger partial charge on any atom is 0.246 e. The third-order valence-electron chi connectivity index (χ3n) is 2.90. The smallest absolute Gasteiger partial charge is 0.246 e. The monoisotopic (exact) mass is 333 g/mol. The van der Waals surface area contributed by atoms with E-state index in [9.17, 15) is 4.79 Å². The Balaban J connectivity index is 1.93. The third-order valence-corrected chi connectivity index (χ3v) is 3.72. The number of aryl methyl sites for hydroxylation is 1. The molecule has 0 radical (unpaired) electrons. The van der Waals surface area contributed by atoms with Crippen LogP contribution in [0.15, 0.2) is 28.7 Å². The maximum atomic E-state index is 11.8. The highest BCUT2D eigenvalue weighted by molar-refractivity contribution is 7.09. The number of hydrogen-bond donors (Lipinski definition) is 1. The second-order valence-electron chi connectivity index (χ2n) is 4.67. The molecule has 122 valence electrons. The van der Waals surface area contributed by atoms with E-state index in [-0.39, 0.29) is 12.3 Å². The van der Waals surface area contributed by atoms with E-state index in [4.69, 9.17) is 9.47 Å². The van der Waals surface area contributed by atoms with Gasteiger partial charge in [0, 0.05) is 5.38 Å². The zero-order chi connectivity index (χ0) is 16.7. The first-order valence-corrected chi connectivity index (χ1v) is 8.04. The van der Waals surface area contributed by atoms with Gasteiger partial charge in [-0.2, -0.15) is 5.10 Å². The minimum absolute atomic E-state index is 0.204. The van der Waals surface area contributed by atoms with Gasteiger partial charge < -0.3 is 9.47 Å².